The molecular formula is C14H23NS. The van der Waals surface area contributed by atoms with Gasteiger partial charge in [0, 0.05) is 11.4 Å². The highest BCUT2D eigenvalue weighted by atomic mass is 32.2. The third-order valence-electron chi connectivity index (χ3n) is 2.43. The van der Waals surface area contributed by atoms with E-state index in [9.17, 15) is 0 Å². The van der Waals surface area contributed by atoms with Gasteiger partial charge in [-0.1, -0.05) is 32.9 Å². The lowest BCUT2D eigenvalue weighted by molar-refractivity contribution is 0.401. The quantitative estimate of drug-likeness (QED) is 0.779. The monoisotopic (exact) mass is 237 g/mol. The Balaban J connectivity index is 2.37. The zero-order chi connectivity index (χ0) is 12.0. The minimum atomic E-state index is 0.444. The summed E-state index contributed by atoms with van der Waals surface area (Å²) < 4.78 is 0. The molecule has 0 atom stereocenters. The predicted octanol–water partition coefficient (Wildman–Crippen LogP) is 3.93. The Morgan fingerprint density at radius 3 is 2.25 bits per heavy atom. The van der Waals surface area contributed by atoms with E-state index >= 15 is 0 Å². The standard InChI is InChI=1S/C14H23NS/c1-14(2,3)9-10-16-13-7-5-12(6-8-13)11-15-4/h5-8,15H,9-11H2,1-4H3. The molecule has 1 aromatic carbocycles. The Morgan fingerprint density at radius 2 is 1.75 bits per heavy atom. The van der Waals surface area contributed by atoms with Crippen LogP contribution in [0.15, 0.2) is 29.2 Å². The van der Waals surface area contributed by atoms with Crippen molar-refractivity contribution in [3.63, 3.8) is 0 Å². The molecule has 1 rings (SSSR count). The average Bonchev–Trinajstić information content (AvgIpc) is 2.19. The molecule has 0 aliphatic heterocycles. The molecule has 0 fully saturated rings. The molecule has 90 valence electrons. The summed E-state index contributed by atoms with van der Waals surface area (Å²) in [6.45, 7) is 7.84. The van der Waals surface area contributed by atoms with Crippen molar-refractivity contribution in [3.05, 3.63) is 29.8 Å². The van der Waals surface area contributed by atoms with Crippen LogP contribution in [0.3, 0.4) is 0 Å². The highest BCUT2D eigenvalue weighted by Crippen LogP contribution is 2.25. The summed E-state index contributed by atoms with van der Waals surface area (Å²) >= 11 is 1.95. The van der Waals surface area contributed by atoms with Crippen LogP contribution in [-0.4, -0.2) is 12.8 Å². The SMILES string of the molecule is CNCc1ccc(SCCC(C)(C)C)cc1. The molecule has 0 aromatic heterocycles. The second-order valence-corrected chi connectivity index (χ2v) is 6.50. The normalized spacial score (nSPS) is 11.8. The number of hydrogen-bond acceptors (Lipinski definition) is 2. The summed E-state index contributed by atoms with van der Waals surface area (Å²) in [6.07, 6.45) is 1.26. The van der Waals surface area contributed by atoms with Crippen molar-refractivity contribution in [2.75, 3.05) is 12.8 Å². The first-order chi connectivity index (χ1) is 7.51. The maximum atomic E-state index is 3.16. The van der Waals surface area contributed by atoms with Gasteiger partial charge in [-0.25, -0.2) is 0 Å². The minimum absolute atomic E-state index is 0.444. The van der Waals surface area contributed by atoms with Crippen molar-refractivity contribution in [3.8, 4) is 0 Å². The maximum Gasteiger partial charge on any atom is 0.0202 e. The third-order valence-corrected chi connectivity index (χ3v) is 3.44. The van der Waals surface area contributed by atoms with Crippen LogP contribution < -0.4 is 5.32 Å². The molecule has 2 heteroatoms. The summed E-state index contributed by atoms with van der Waals surface area (Å²) in [5.41, 5.74) is 1.79. The molecule has 0 aliphatic rings. The van der Waals surface area contributed by atoms with Crippen molar-refractivity contribution in [2.45, 2.75) is 38.6 Å². The number of nitrogens with one attached hydrogen (secondary N) is 1. The maximum absolute atomic E-state index is 3.16. The number of thioether (sulfide) groups is 1. The van der Waals surface area contributed by atoms with Gasteiger partial charge in [-0.2, -0.15) is 0 Å². The minimum Gasteiger partial charge on any atom is -0.316 e. The van der Waals surface area contributed by atoms with E-state index in [0.29, 0.717) is 5.41 Å². The lowest BCUT2D eigenvalue weighted by Gasteiger charge is -2.17. The molecule has 0 spiro atoms. The van der Waals surface area contributed by atoms with Gasteiger partial charge in [-0.3, -0.25) is 0 Å². The van der Waals surface area contributed by atoms with Gasteiger partial charge in [-0.05, 0) is 42.3 Å². The smallest absolute Gasteiger partial charge is 0.0202 e. The molecular weight excluding hydrogens is 214 g/mol. The highest BCUT2D eigenvalue weighted by Gasteiger charge is 2.09. The molecule has 16 heavy (non-hydrogen) atoms. The molecule has 0 heterocycles. The number of benzene rings is 1. The summed E-state index contributed by atoms with van der Waals surface area (Å²) in [4.78, 5) is 1.38. The van der Waals surface area contributed by atoms with E-state index in [4.69, 9.17) is 0 Å². The first kappa shape index (κ1) is 13.6. The van der Waals surface area contributed by atoms with Gasteiger partial charge in [0.2, 0.25) is 0 Å². The lowest BCUT2D eigenvalue weighted by atomic mass is 9.94. The second-order valence-electron chi connectivity index (χ2n) is 5.33. The summed E-state index contributed by atoms with van der Waals surface area (Å²) in [5.74, 6) is 1.20. The Bertz CT molecular complexity index is 298. The Kier molecular flexibility index (Phi) is 5.36. The molecule has 1 nitrogen and oxygen atoms in total. The second kappa shape index (κ2) is 6.31. The Hall–Kier alpha value is -0.470. The fraction of sp³-hybridized carbons (Fsp3) is 0.571. The fourth-order valence-corrected chi connectivity index (χ4v) is 2.66. The molecule has 0 aliphatic carbocycles. The highest BCUT2D eigenvalue weighted by molar-refractivity contribution is 7.99. The predicted molar refractivity (Wildman–Crippen MR) is 74.0 cm³/mol. The van der Waals surface area contributed by atoms with Gasteiger partial charge in [0.1, 0.15) is 0 Å². The van der Waals surface area contributed by atoms with E-state index in [1.54, 1.807) is 0 Å². The zero-order valence-electron chi connectivity index (χ0n) is 10.8. The van der Waals surface area contributed by atoms with E-state index in [-0.39, 0.29) is 0 Å². The van der Waals surface area contributed by atoms with Crippen LogP contribution in [0.4, 0.5) is 0 Å². The fourth-order valence-electron chi connectivity index (χ4n) is 1.38. The van der Waals surface area contributed by atoms with Gasteiger partial charge in [0.05, 0.1) is 0 Å². The zero-order valence-corrected chi connectivity index (χ0v) is 11.7. The number of rotatable bonds is 5. The average molecular weight is 237 g/mol. The molecule has 1 aromatic rings. The molecule has 0 amide bonds. The third kappa shape index (κ3) is 5.57. The molecule has 0 saturated carbocycles. The first-order valence-electron chi connectivity index (χ1n) is 5.87. The molecule has 1 N–H and O–H groups in total. The van der Waals surface area contributed by atoms with Gasteiger partial charge in [-0.15, -0.1) is 11.8 Å². The molecule has 0 radical (unpaired) electrons. The van der Waals surface area contributed by atoms with E-state index < -0.39 is 0 Å². The summed E-state index contributed by atoms with van der Waals surface area (Å²) in [5, 5.41) is 3.16. The van der Waals surface area contributed by atoms with Crippen LogP contribution >= 0.6 is 11.8 Å². The van der Waals surface area contributed by atoms with Crippen LogP contribution in [0.1, 0.15) is 32.8 Å². The number of hydrogen-bond donors (Lipinski definition) is 1. The van der Waals surface area contributed by atoms with Gasteiger partial charge in [0.15, 0.2) is 0 Å². The van der Waals surface area contributed by atoms with Crippen LogP contribution in [0.2, 0.25) is 0 Å². The van der Waals surface area contributed by atoms with E-state index in [1.807, 2.05) is 18.8 Å². The van der Waals surface area contributed by atoms with Crippen molar-refractivity contribution in [1.29, 1.82) is 0 Å². The van der Waals surface area contributed by atoms with Crippen molar-refractivity contribution >= 4 is 11.8 Å². The van der Waals surface area contributed by atoms with Crippen LogP contribution in [-0.2, 0) is 6.54 Å². The van der Waals surface area contributed by atoms with Crippen molar-refractivity contribution in [1.82, 2.24) is 5.32 Å². The summed E-state index contributed by atoms with van der Waals surface area (Å²) in [7, 11) is 1.98. The van der Waals surface area contributed by atoms with Crippen LogP contribution in [0, 0.1) is 5.41 Å². The van der Waals surface area contributed by atoms with Gasteiger partial charge < -0.3 is 5.32 Å². The van der Waals surface area contributed by atoms with E-state index in [2.05, 4.69) is 50.4 Å². The lowest BCUT2D eigenvalue weighted by Crippen LogP contribution is -2.06. The topological polar surface area (TPSA) is 12.0 Å². The van der Waals surface area contributed by atoms with Crippen molar-refractivity contribution < 1.29 is 0 Å². The molecule has 0 unspecified atom stereocenters. The molecule has 0 saturated heterocycles. The van der Waals surface area contributed by atoms with Crippen molar-refractivity contribution in [2.24, 2.45) is 5.41 Å². The van der Waals surface area contributed by atoms with Gasteiger partial charge in [0.25, 0.3) is 0 Å². The van der Waals surface area contributed by atoms with Gasteiger partial charge >= 0.3 is 0 Å². The Labute approximate surface area is 104 Å². The van der Waals surface area contributed by atoms with E-state index in [0.717, 1.165) is 6.54 Å². The first-order valence-corrected chi connectivity index (χ1v) is 6.86. The largest absolute Gasteiger partial charge is 0.316 e. The van der Waals surface area contributed by atoms with Crippen LogP contribution in [0.25, 0.3) is 0 Å². The van der Waals surface area contributed by atoms with Crippen LogP contribution in [0.5, 0.6) is 0 Å². The molecule has 0 bridgehead atoms. The summed E-state index contributed by atoms with van der Waals surface area (Å²) in [6, 6.07) is 8.85. The Morgan fingerprint density at radius 1 is 1.12 bits per heavy atom. The van der Waals surface area contributed by atoms with E-state index in [1.165, 1.54) is 22.6 Å².